The Bertz CT molecular complexity index is 510. The lowest BCUT2D eigenvalue weighted by atomic mass is 9.99. The van der Waals surface area contributed by atoms with Gasteiger partial charge in [-0.15, -0.1) is 0 Å². The average molecular weight is 346 g/mol. The van der Waals surface area contributed by atoms with Gasteiger partial charge in [-0.2, -0.15) is 0 Å². The van der Waals surface area contributed by atoms with Crippen LogP contribution in [0.3, 0.4) is 0 Å². The Morgan fingerprint density at radius 2 is 2.23 bits per heavy atom. The smallest absolute Gasteiger partial charge is 0.222 e. The summed E-state index contributed by atoms with van der Waals surface area (Å²) in [6.07, 6.45) is 3.03. The van der Waals surface area contributed by atoms with Gasteiger partial charge in [0.1, 0.15) is 10.8 Å². The number of hydrogen-bond acceptors (Lipinski definition) is 3. The van der Waals surface area contributed by atoms with E-state index in [9.17, 15) is 9.90 Å². The number of nitrogens with zero attached hydrogens (tertiary/aromatic N) is 1. The average Bonchev–Trinajstić information content (AvgIpc) is 2.55. The van der Waals surface area contributed by atoms with Crippen LogP contribution in [0.4, 0.5) is 0 Å². The molecule has 0 aliphatic carbocycles. The summed E-state index contributed by atoms with van der Waals surface area (Å²) in [6, 6.07) is 5.23. The maximum atomic E-state index is 12.1. The number of amides is 1. The van der Waals surface area contributed by atoms with Gasteiger partial charge >= 0.3 is 0 Å². The van der Waals surface area contributed by atoms with Crippen LogP contribution in [0.25, 0.3) is 0 Å². The molecule has 2 rings (SSSR count). The van der Waals surface area contributed by atoms with Crippen molar-refractivity contribution in [2.24, 2.45) is 5.92 Å². The van der Waals surface area contributed by atoms with Gasteiger partial charge in [0.25, 0.3) is 0 Å². The van der Waals surface area contributed by atoms with E-state index in [1.807, 2.05) is 4.90 Å². The molecule has 0 aromatic heterocycles. The van der Waals surface area contributed by atoms with Gasteiger partial charge in [0.05, 0.1) is 11.6 Å². The molecule has 1 amide bonds. The van der Waals surface area contributed by atoms with Crippen LogP contribution in [0.1, 0.15) is 25.7 Å². The first kappa shape index (κ1) is 17.4. The largest absolute Gasteiger partial charge is 0.492 e. The Labute approximate surface area is 141 Å². The van der Waals surface area contributed by atoms with Crippen molar-refractivity contribution in [2.75, 3.05) is 26.3 Å². The summed E-state index contributed by atoms with van der Waals surface area (Å²) in [7, 11) is 0. The SMILES string of the molecule is O=C(CCCOc1cccc(Cl)c1Cl)N1CCCC(CO)C1. The van der Waals surface area contributed by atoms with Crippen molar-refractivity contribution in [3.63, 3.8) is 0 Å². The molecule has 0 bridgehead atoms. The number of likely N-dealkylation sites (tertiary alicyclic amines) is 1. The Balaban J connectivity index is 1.72. The van der Waals surface area contributed by atoms with Crippen LogP contribution in [0.5, 0.6) is 5.75 Å². The molecule has 1 aromatic carbocycles. The third kappa shape index (κ3) is 4.77. The Hall–Kier alpha value is -0.970. The molecule has 1 aliphatic rings. The molecular formula is C16H21Cl2NO3. The molecule has 1 aliphatic heterocycles. The monoisotopic (exact) mass is 345 g/mol. The fourth-order valence-corrected chi connectivity index (χ4v) is 2.95. The molecule has 1 aromatic rings. The Morgan fingerprint density at radius 3 is 3.00 bits per heavy atom. The number of rotatable bonds is 6. The molecule has 0 saturated carbocycles. The normalized spacial score (nSPS) is 18.3. The number of benzene rings is 1. The van der Waals surface area contributed by atoms with Crippen molar-refractivity contribution >= 4 is 29.1 Å². The highest BCUT2D eigenvalue weighted by molar-refractivity contribution is 6.42. The summed E-state index contributed by atoms with van der Waals surface area (Å²) >= 11 is 11.9. The Kier molecular flexibility index (Phi) is 6.80. The highest BCUT2D eigenvalue weighted by Gasteiger charge is 2.22. The summed E-state index contributed by atoms with van der Waals surface area (Å²) in [6.45, 7) is 2.02. The van der Waals surface area contributed by atoms with E-state index in [1.165, 1.54) is 0 Å². The Morgan fingerprint density at radius 1 is 1.41 bits per heavy atom. The van der Waals surface area contributed by atoms with Crippen LogP contribution >= 0.6 is 23.2 Å². The number of carbonyl (C=O) groups is 1. The van der Waals surface area contributed by atoms with Crippen molar-refractivity contribution in [3.05, 3.63) is 28.2 Å². The van der Waals surface area contributed by atoms with E-state index < -0.39 is 0 Å². The second-order valence-electron chi connectivity index (χ2n) is 5.53. The van der Waals surface area contributed by atoms with Gasteiger partial charge in [-0.3, -0.25) is 4.79 Å². The van der Waals surface area contributed by atoms with Gasteiger partial charge in [0, 0.05) is 26.1 Å². The minimum Gasteiger partial charge on any atom is -0.492 e. The summed E-state index contributed by atoms with van der Waals surface area (Å²) in [4.78, 5) is 14.0. The second kappa shape index (κ2) is 8.61. The quantitative estimate of drug-likeness (QED) is 0.804. The van der Waals surface area contributed by atoms with Gasteiger partial charge in [0.2, 0.25) is 5.91 Å². The highest BCUT2D eigenvalue weighted by atomic mass is 35.5. The van der Waals surface area contributed by atoms with E-state index in [0.717, 1.165) is 19.4 Å². The molecule has 1 heterocycles. The first-order chi connectivity index (χ1) is 10.6. The molecular weight excluding hydrogens is 325 g/mol. The minimum absolute atomic E-state index is 0.124. The van der Waals surface area contributed by atoms with Gasteiger partial charge in [-0.05, 0) is 37.3 Å². The van der Waals surface area contributed by atoms with Crippen molar-refractivity contribution in [1.29, 1.82) is 0 Å². The number of carbonyl (C=O) groups excluding carboxylic acids is 1. The molecule has 0 radical (unpaired) electrons. The predicted octanol–water partition coefficient (Wildman–Crippen LogP) is 3.38. The van der Waals surface area contributed by atoms with Crippen LogP contribution in [-0.2, 0) is 4.79 Å². The fraction of sp³-hybridized carbons (Fsp3) is 0.562. The molecule has 1 N–H and O–H groups in total. The molecule has 1 unspecified atom stereocenters. The van der Waals surface area contributed by atoms with Crippen molar-refractivity contribution in [1.82, 2.24) is 4.90 Å². The summed E-state index contributed by atoms with van der Waals surface area (Å²) in [5, 5.41) is 10.1. The van der Waals surface area contributed by atoms with Gasteiger partial charge < -0.3 is 14.7 Å². The standard InChI is InChI=1S/C16H21Cl2NO3/c17-13-5-1-6-14(16(13)18)22-9-3-7-15(21)19-8-2-4-12(10-19)11-20/h1,5-6,12,20H,2-4,7-11H2. The third-order valence-electron chi connectivity index (χ3n) is 3.84. The van der Waals surface area contributed by atoms with Crippen molar-refractivity contribution in [2.45, 2.75) is 25.7 Å². The molecule has 0 spiro atoms. The van der Waals surface area contributed by atoms with Crippen LogP contribution in [0.15, 0.2) is 18.2 Å². The summed E-state index contributed by atoms with van der Waals surface area (Å²) in [5.74, 6) is 0.887. The fourth-order valence-electron chi connectivity index (χ4n) is 2.60. The zero-order valence-corrected chi connectivity index (χ0v) is 13.9. The number of ether oxygens (including phenoxy) is 1. The number of hydrogen-bond donors (Lipinski definition) is 1. The number of aliphatic hydroxyl groups is 1. The maximum Gasteiger partial charge on any atom is 0.222 e. The topological polar surface area (TPSA) is 49.8 Å². The summed E-state index contributed by atoms with van der Waals surface area (Å²) < 4.78 is 5.57. The molecule has 6 heteroatoms. The lowest BCUT2D eigenvalue weighted by Crippen LogP contribution is -2.40. The van der Waals surface area contributed by atoms with Crippen LogP contribution in [-0.4, -0.2) is 42.2 Å². The van der Waals surface area contributed by atoms with Crippen molar-refractivity contribution < 1.29 is 14.6 Å². The van der Waals surface area contributed by atoms with Gasteiger partial charge in [-0.25, -0.2) is 0 Å². The third-order valence-corrected chi connectivity index (χ3v) is 4.64. The number of piperidine rings is 1. The van der Waals surface area contributed by atoms with Crippen LogP contribution in [0, 0.1) is 5.92 Å². The van der Waals surface area contributed by atoms with Gasteiger partial charge in [-0.1, -0.05) is 29.3 Å². The minimum atomic E-state index is 0.124. The first-order valence-corrected chi connectivity index (χ1v) is 8.33. The molecule has 1 atom stereocenters. The number of halogens is 2. The van der Waals surface area contributed by atoms with E-state index >= 15 is 0 Å². The second-order valence-corrected chi connectivity index (χ2v) is 6.32. The molecule has 122 valence electrons. The predicted molar refractivity (Wildman–Crippen MR) is 87.6 cm³/mol. The zero-order valence-electron chi connectivity index (χ0n) is 12.4. The van der Waals surface area contributed by atoms with E-state index in [2.05, 4.69) is 0 Å². The maximum absolute atomic E-state index is 12.1. The first-order valence-electron chi connectivity index (χ1n) is 7.57. The lowest BCUT2D eigenvalue weighted by molar-refractivity contribution is -0.133. The highest BCUT2D eigenvalue weighted by Crippen LogP contribution is 2.31. The van der Waals surface area contributed by atoms with Gasteiger partial charge in [0.15, 0.2) is 0 Å². The lowest BCUT2D eigenvalue weighted by Gasteiger charge is -2.31. The van der Waals surface area contributed by atoms with Crippen LogP contribution in [0.2, 0.25) is 10.0 Å². The molecule has 4 nitrogen and oxygen atoms in total. The van der Waals surface area contributed by atoms with Crippen molar-refractivity contribution in [3.8, 4) is 5.75 Å². The van der Waals surface area contributed by atoms with E-state index in [4.69, 9.17) is 27.9 Å². The number of aliphatic hydroxyl groups excluding tert-OH is 1. The zero-order chi connectivity index (χ0) is 15.9. The summed E-state index contributed by atoms with van der Waals surface area (Å²) in [5.41, 5.74) is 0. The van der Waals surface area contributed by atoms with E-state index in [-0.39, 0.29) is 18.4 Å². The van der Waals surface area contributed by atoms with Crippen LogP contribution < -0.4 is 4.74 Å². The molecule has 1 saturated heterocycles. The molecule has 22 heavy (non-hydrogen) atoms. The molecule has 1 fully saturated rings. The van der Waals surface area contributed by atoms with E-state index in [1.54, 1.807) is 18.2 Å². The van der Waals surface area contributed by atoms with E-state index in [0.29, 0.717) is 41.8 Å².